The fraction of sp³-hybridized carbons (Fsp3) is 0.538. The van der Waals surface area contributed by atoms with E-state index in [0.29, 0.717) is 21.7 Å². The monoisotopic (exact) mass is 303 g/mol. The minimum atomic E-state index is -0.834. The van der Waals surface area contributed by atoms with Crippen molar-refractivity contribution in [3.05, 3.63) is 21.3 Å². The van der Waals surface area contributed by atoms with Gasteiger partial charge in [-0.3, -0.25) is 9.59 Å². The summed E-state index contributed by atoms with van der Waals surface area (Å²) in [7, 11) is 0. The molecule has 1 unspecified atom stereocenters. The van der Waals surface area contributed by atoms with Gasteiger partial charge in [0.15, 0.2) is 0 Å². The van der Waals surface area contributed by atoms with Crippen LogP contribution in [0.2, 0.25) is 4.34 Å². The summed E-state index contributed by atoms with van der Waals surface area (Å²) in [5, 5.41) is 11.6. The molecule has 0 aliphatic rings. The van der Waals surface area contributed by atoms with E-state index in [2.05, 4.69) is 5.32 Å². The number of hydrogen-bond acceptors (Lipinski definition) is 3. The van der Waals surface area contributed by atoms with Gasteiger partial charge in [-0.25, -0.2) is 0 Å². The van der Waals surface area contributed by atoms with Gasteiger partial charge in [-0.2, -0.15) is 0 Å². The van der Waals surface area contributed by atoms with Crippen molar-refractivity contribution in [2.24, 2.45) is 11.8 Å². The van der Waals surface area contributed by atoms with Gasteiger partial charge in [-0.15, -0.1) is 11.3 Å². The van der Waals surface area contributed by atoms with Gasteiger partial charge < -0.3 is 10.4 Å². The Morgan fingerprint density at radius 2 is 2.11 bits per heavy atom. The maximum absolute atomic E-state index is 11.8. The first-order chi connectivity index (χ1) is 8.88. The van der Waals surface area contributed by atoms with Crippen LogP contribution in [-0.2, 0) is 4.79 Å². The van der Waals surface area contributed by atoms with Crippen molar-refractivity contribution >= 4 is 34.8 Å². The molecule has 0 aliphatic heterocycles. The molecule has 0 spiro atoms. The quantitative estimate of drug-likeness (QED) is 0.812. The first-order valence-electron chi connectivity index (χ1n) is 6.13. The Balaban J connectivity index is 2.50. The molecular weight excluding hydrogens is 286 g/mol. The number of carbonyl (C=O) groups excluding carboxylic acids is 1. The number of thiophene rings is 1. The first-order valence-corrected chi connectivity index (χ1v) is 7.33. The Labute approximate surface area is 121 Å². The second-order valence-electron chi connectivity index (χ2n) is 4.91. The Hall–Kier alpha value is -1.07. The van der Waals surface area contributed by atoms with Crippen molar-refractivity contribution in [2.45, 2.75) is 26.7 Å². The lowest BCUT2D eigenvalue weighted by Crippen LogP contribution is -2.30. The number of halogens is 1. The number of carboxylic acids is 1. The molecule has 1 atom stereocenters. The molecule has 0 aromatic carbocycles. The summed E-state index contributed by atoms with van der Waals surface area (Å²) in [6.45, 7) is 4.45. The number of carbonyl (C=O) groups is 2. The summed E-state index contributed by atoms with van der Waals surface area (Å²) in [5.41, 5.74) is 0. The molecule has 1 aromatic rings. The number of amides is 1. The molecule has 106 valence electrons. The Morgan fingerprint density at radius 1 is 1.42 bits per heavy atom. The molecule has 0 aliphatic carbocycles. The smallest absolute Gasteiger partial charge is 0.303 e. The highest BCUT2D eigenvalue weighted by atomic mass is 35.5. The topological polar surface area (TPSA) is 66.4 Å². The first kappa shape index (κ1) is 16.0. The molecule has 1 amide bonds. The van der Waals surface area contributed by atoms with E-state index in [9.17, 15) is 9.59 Å². The van der Waals surface area contributed by atoms with Gasteiger partial charge in [0.2, 0.25) is 0 Å². The van der Waals surface area contributed by atoms with Gasteiger partial charge in [0, 0.05) is 13.0 Å². The van der Waals surface area contributed by atoms with Gasteiger partial charge in [-0.1, -0.05) is 25.4 Å². The Bertz CT molecular complexity index is 445. The largest absolute Gasteiger partial charge is 0.481 e. The second kappa shape index (κ2) is 7.50. The summed E-state index contributed by atoms with van der Waals surface area (Å²) < 4.78 is 0.564. The molecule has 0 fully saturated rings. The molecular formula is C13H18ClNO3S. The maximum Gasteiger partial charge on any atom is 0.303 e. The summed E-state index contributed by atoms with van der Waals surface area (Å²) in [4.78, 5) is 23.2. The van der Waals surface area contributed by atoms with E-state index < -0.39 is 5.97 Å². The van der Waals surface area contributed by atoms with E-state index in [1.807, 2.05) is 13.8 Å². The normalized spacial score (nSPS) is 12.4. The van der Waals surface area contributed by atoms with Gasteiger partial charge in [-0.05, 0) is 30.4 Å². The minimum Gasteiger partial charge on any atom is -0.481 e. The molecule has 1 rings (SSSR count). The van der Waals surface area contributed by atoms with Crippen LogP contribution < -0.4 is 5.32 Å². The molecule has 0 saturated heterocycles. The standard InChI is InChI=1S/C13H18ClNO3S/c1-8(2)5-9(6-12(16)17)7-15-13(18)10-3-4-11(14)19-10/h3-4,8-9H,5-7H2,1-2H3,(H,15,18)(H,16,17). The molecule has 0 bridgehead atoms. The van der Waals surface area contributed by atoms with Crippen LogP contribution in [0.4, 0.5) is 0 Å². The molecule has 19 heavy (non-hydrogen) atoms. The average molecular weight is 304 g/mol. The zero-order valence-corrected chi connectivity index (χ0v) is 12.6. The summed E-state index contributed by atoms with van der Waals surface area (Å²) in [5.74, 6) is -0.676. The van der Waals surface area contributed by atoms with Crippen molar-refractivity contribution in [1.82, 2.24) is 5.32 Å². The lowest BCUT2D eigenvalue weighted by atomic mass is 9.94. The fourth-order valence-electron chi connectivity index (χ4n) is 1.91. The van der Waals surface area contributed by atoms with Crippen molar-refractivity contribution in [3.63, 3.8) is 0 Å². The van der Waals surface area contributed by atoms with E-state index >= 15 is 0 Å². The predicted molar refractivity (Wildman–Crippen MR) is 76.9 cm³/mol. The molecule has 4 nitrogen and oxygen atoms in total. The number of carboxylic acid groups (broad SMARTS) is 1. The molecule has 0 radical (unpaired) electrons. The summed E-state index contributed by atoms with van der Waals surface area (Å²) >= 11 is 6.98. The zero-order chi connectivity index (χ0) is 14.4. The Kier molecular flexibility index (Phi) is 6.31. The van der Waals surface area contributed by atoms with Crippen LogP contribution >= 0.6 is 22.9 Å². The lowest BCUT2D eigenvalue weighted by molar-refractivity contribution is -0.138. The van der Waals surface area contributed by atoms with Crippen molar-refractivity contribution in [1.29, 1.82) is 0 Å². The van der Waals surface area contributed by atoms with E-state index in [1.165, 1.54) is 11.3 Å². The summed E-state index contributed by atoms with van der Waals surface area (Å²) in [6.07, 6.45) is 0.849. The van der Waals surface area contributed by atoms with Crippen molar-refractivity contribution in [2.75, 3.05) is 6.54 Å². The molecule has 2 N–H and O–H groups in total. The van der Waals surface area contributed by atoms with Crippen LogP contribution in [0, 0.1) is 11.8 Å². The van der Waals surface area contributed by atoms with Crippen LogP contribution in [0.5, 0.6) is 0 Å². The molecule has 1 heterocycles. The molecule has 0 saturated carbocycles. The highest BCUT2D eigenvalue weighted by Gasteiger charge is 2.17. The molecule has 1 aromatic heterocycles. The van der Waals surface area contributed by atoms with Crippen LogP contribution in [0.1, 0.15) is 36.4 Å². The number of nitrogens with one attached hydrogen (secondary N) is 1. The van der Waals surface area contributed by atoms with Crippen LogP contribution in [0.3, 0.4) is 0 Å². The number of hydrogen-bond donors (Lipinski definition) is 2. The van der Waals surface area contributed by atoms with Crippen molar-refractivity contribution < 1.29 is 14.7 Å². The third-order valence-corrected chi connectivity index (χ3v) is 3.85. The highest BCUT2D eigenvalue weighted by Crippen LogP contribution is 2.21. The SMILES string of the molecule is CC(C)CC(CNC(=O)c1ccc(Cl)s1)CC(=O)O. The van der Waals surface area contributed by atoms with Crippen LogP contribution in [0.25, 0.3) is 0 Å². The van der Waals surface area contributed by atoms with Crippen LogP contribution in [-0.4, -0.2) is 23.5 Å². The number of rotatable bonds is 7. The molecule has 6 heteroatoms. The second-order valence-corrected chi connectivity index (χ2v) is 6.62. The van der Waals surface area contributed by atoms with Gasteiger partial charge in [0.05, 0.1) is 9.21 Å². The maximum atomic E-state index is 11.8. The van der Waals surface area contributed by atoms with E-state index in [4.69, 9.17) is 16.7 Å². The third-order valence-electron chi connectivity index (χ3n) is 2.62. The van der Waals surface area contributed by atoms with Gasteiger partial charge in [0.1, 0.15) is 0 Å². The van der Waals surface area contributed by atoms with E-state index in [0.717, 1.165) is 6.42 Å². The van der Waals surface area contributed by atoms with Crippen molar-refractivity contribution in [3.8, 4) is 0 Å². The van der Waals surface area contributed by atoms with Gasteiger partial charge >= 0.3 is 5.97 Å². The fourth-order valence-corrected chi connectivity index (χ4v) is 2.87. The van der Waals surface area contributed by atoms with E-state index in [1.54, 1.807) is 12.1 Å². The number of aliphatic carboxylic acids is 1. The predicted octanol–water partition coefficient (Wildman–Crippen LogP) is 3.27. The van der Waals surface area contributed by atoms with Crippen LogP contribution in [0.15, 0.2) is 12.1 Å². The van der Waals surface area contributed by atoms with E-state index in [-0.39, 0.29) is 18.2 Å². The minimum absolute atomic E-state index is 0.0446. The zero-order valence-electron chi connectivity index (χ0n) is 11.0. The average Bonchev–Trinajstić information content (AvgIpc) is 2.71. The summed E-state index contributed by atoms with van der Waals surface area (Å²) in [6, 6.07) is 3.33. The lowest BCUT2D eigenvalue weighted by Gasteiger charge is -2.17. The third kappa shape index (κ3) is 6.07. The van der Waals surface area contributed by atoms with Gasteiger partial charge in [0.25, 0.3) is 5.91 Å². The Morgan fingerprint density at radius 3 is 2.58 bits per heavy atom. The highest BCUT2D eigenvalue weighted by molar-refractivity contribution is 7.17.